The Hall–Kier alpha value is -3.08. The molecule has 0 aromatic heterocycles. The minimum absolute atomic E-state index is 0.112. The van der Waals surface area contributed by atoms with E-state index in [0.717, 1.165) is 17.1 Å². The van der Waals surface area contributed by atoms with Gasteiger partial charge in [-0.3, -0.25) is 14.5 Å². The fourth-order valence-electron chi connectivity index (χ4n) is 4.08. The molecule has 0 saturated carbocycles. The molecule has 2 aromatic carbocycles. The van der Waals surface area contributed by atoms with Crippen LogP contribution >= 0.6 is 0 Å². The highest BCUT2D eigenvalue weighted by Crippen LogP contribution is 2.43. The molecule has 0 aliphatic carbocycles. The number of ketones is 1. The lowest BCUT2D eigenvalue weighted by Gasteiger charge is -2.43. The summed E-state index contributed by atoms with van der Waals surface area (Å²) in [5.74, 6) is -0.979. The quantitative estimate of drug-likeness (QED) is 0.682. The number of amides is 1. The lowest BCUT2D eigenvalue weighted by atomic mass is 9.93. The Morgan fingerprint density at radius 2 is 1.85 bits per heavy atom. The fraction of sp³-hybridized carbons (Fsp3) is 0.238. The molecule has 4 rings (SSSR count). The van der Waals surface area contributed by atoms with Gasteiger partial charge >= 0.3 is 0 Å². The third-order valence-electron chi connectivity index (χ3n) is 5.12. The number of para-hydroxylation sites is 3. The van der Waals surface area contributed by atoms with Crippen LogP contribution in [-0.4, -0.2) is 30.4 Å². The van der Waals surface area contributed by atoms with E-state index < -0.39 is 5.92 Å². The highest BCUT2D eigenvalue weighted by molar-refractivity contribution is 6.12. The van der Waals surface area contributed by atoms with Gasteiger partial charge in [0.15, 0.2) is 0 Å². The van der Waals surface area contributed by atoms with Crippen molar-refractivity contribution in [2.24, 2.45) is 5.92 Å². The lowest BCUT2D eigenvalue weighted by molar-refractivity contribution is -0.129. The van der Waals surface area contributed by atoms with Crippen LogP contribution in [-0.2, 0) is 9.59 Å². The molecule has 1 fully saturated rings. The maximum absolute atomic E-state index is 13.2. The van der Waals surface area contributed by atoms with Crippen molar-refractivity contribution in [2.75, 3.05) is 21.7 Å². The number of nitrogens with zero attached hydrogens (tertiary/aromatic N) is 2. The SMILES string of the molecule is C=CCN1c2ccccc2NC2C1C(C(C)=O)C(=O)N2c1ccccc1. The van der Waals surface area contributed by atoms with E-state index in [-0.39, 0.29) is 23.9 Å². The molecule has 3 atom stereocenters. The van der Waals surface area contributed by atoms with Crippen molar-refractivity contribution in [2.45, 2.75) is 19.1 Å². The maximum atomic E-state index is 13.2. The van der Waals surface area contributed by atoms with E-state index in [1.807, 2.05) is 60.7 Å². The molecule has 5 nitrogen and oxygen atoms in total. The summed E-state index contributed by atoms with van der Waals surface area (Å²) in [6, 6.07) is 17.2. The first-order valence-corrected chi connectivity index (χ1v) is 8.75. The summed E-state index contributed by atoms with van der Waals surface area (Å²) in [7, 11) is 0. The zero-order chi connectivity index (χ0) is 18.3. The van der Waals surface area contributed by atoms with Crippen LogP contribution in [0.15, 0.2) is 67.3 Å². The van der Waals surface area contributed by atoms with E-state index in [2.05, 4.69) is 16.8 Å². The van der Waals surface area contributed by atoms with Gasteiger partial charge in [0.2, 0.25) is 5.91 Å². The second kappa shape index (κ2) is 6.33. The maximum Gasteiger partial charge on any atom is 0.241 e. The molecule has 1 N–H and O–H groups in total. The third-order valence-corrected chi connectivity index (χ3v) is 5.12. The molecule has 2 aromatic rings. The number of carbonyl (C=O) groups is 2. The molecule has 1 saturated heterocycles. The van der Waals surface area contributed by atoms with Gasteiger partial charge in [0, 0.05) is 12.2 Å². The van der Waals surface area contributed by atoms with E-state index in [4.69, 9.17) is 0 Å². The minimum atomic E-state index is -0.707. The Morgan fingerprint density at radius 1 is 1.15 bits per heavy atom. The summed E-state index contributed by atoms with van der Waals surface area (Å²) in [4.78, 5) is 29.5. The molecular formula is C21H21N3O2. The Kier molecular flexibility index (Phi) is 3.99. The highest BCUT2D eigenvalue weighted by Gasteiger charge is 2.55. The number of fused-ring (bicyclic) bond motifs is 2. The van der Waals surface area contributed by atoms with Crippen LogP contribution in [0.5, 0.6) is 0 Å². The van der Waals surface area contributed by atoms with Crippen LogP contribution < -0.4 is 15.1 Å². The first kappa shape index (κ1) is 16.4. The van der Waals surface area contributed by atoms with Crippen molar-refractivity contribution < 1.29 is 9.59 Å². The first-order chi connectivity index (χ1) is 12.6. The highest BCUT2D eigenvalue weighted by atomic mass is 16.2. The molecule has 132 valence electrons. The summed E-state index contributed by atoms with van der Waals surface area (Å²) in [5, 5.41) is 3.49. The van der Waals surface area contributed by atoms with E-state index in [9.17, 15) is 9.59 Å². The summed E-state index contributed by atoms with van der Waals surface area (Å²) in [5.41, 5.74) is 2.73. The van der Waals surface area contributed by atoms with E-state index in [1.54, 1.807) is 4.90 Å². The number of Topliss-reactive ketones (excluding diaryl/α,β-unsaturated/α-hetero) is 1. The average molecular weight is 347 g/mol. The minimum Gasteiger partial charge on any atom is -0.361 e. The molecule has 2 heterocycles. The van der Waals surface area contributed by atoms with Gasteiger partial charge in [-0.2, -0.15) is 0 Å². The predicted octanol–water partition coefficient (Wildman–Crippen LogP) is 3.05. The molecule has 3 unspecified atom stereocenters. The van der Waals surface area contributed by atoms with Crippen LogP contribution in [0.3, 0.4) is 0 Å². The van der Waals surface area contributed by atoms with Gasteiger partial charge < -0.3 is 10.2 Å². The van der Waals surface area contributed by atoms with Crippen LogP contribution in [0.25, 0.3) is 0 Å². The second-order valence-corrected chi connectivity index (χ2v) is 6.67. The van der Waals surface area contributed by atoms with E-state index in [1.165, 1.54) is 6.92 Å². The fourth-order valence-corrected chi connectivity index (χ4v) is 4.08. The number of hydrogen-bond acceptors (Lipinski definition) is 4. The van der Waals surface area contributed by atoms with Crippen molar-refractivity contribution >= 4 is 28.8 Å². The summed E-state index contributed by atoms with van der Waals surface area (Å²) in [6.45, 7) is 5.93. The van der Waals surface area contributed by atoms with Gasteiger partial charge in [0.1, 0.15) is 17.9 Å². The topological polar surface area (TPSA) is 52.7 Å². The number of benzene rings is 2. The predicted molar refractivity (Wildman–Crippen MR) is 103 cm³/mol. The first-order valence-electron chi connectivity index (χ1n) is 8.75. The Balaban J connectivity index is 1.87. The zero-order valence-corrected chi connectivity index (χ0v) is 14.6. The van der Waals surface area contributed by atoms with Crippen molar-refractivity contribution in [1.29, 1.82) is 0 Å². The molecule has 0 radical (unpaired) electrons. The number of nitrogens with one attached hydrogen (secondary N) is 1. The van der Waals surface area contributed by atoms with Crippen molar-refractivity contribution in [3.8, 4) is 0 Å². The Bertz CT molecular complexity index is 865. The summed E-state index contributed by atoms with van der Waals surface area (Å²) >= 11 is 0. The molecule has 0 spiro atoms. The van der Waals surface area contributed by atoms with Crippen LogP contribution in [0.1, 0.15) is 6.92 Å². The molecule has 26 heavy (non-hydrogen) atoms. The number of rotatable bonds is 4. The molecule has 0 bridgehead atoms. The summed E-state index contributed by atoms with van der Waals surface area (Å²) in [6.07, 6.45) is 1.50. The van der Waals surface area contributed by atoms with E-state index in [0.29, 0.717) is 6.54 Å². The van der Waals surface area contributed by atoms with E-state index >= 15 is 0 Å². The molecule has 2 aliphatic rings. The summed E-state index contributed by atoms with van der Waals surface area (Å²) < 4.78 is 0. The Labute approximate surface area is 152 Å². The lowest BCUT2D eigenvalue weighted by Crippen LogP contribution is -2.55. The standard InChI is InChI=1S/C21H21N3O2/c1-3-13-23-17-12-8-7-11-16(17)22-20-19(23)18(14(2)25)21(26)24(20)15-9-5-4-6-10-15/h3-12,18-20,22H,1,13H2,2H3. The van der Waals surface area contributed by atoms with Crippen molar-refractivity contribution in [3.05, 3.63) is 67.3 Å². The number of hydrogen-bond donors (Lipinski definition) is 1. The smallest absolute Gasteiger partial charge is 0.241 e. The zero-order valence-electron chi connectivity index (χ0n) is 14.6. The van der Waals surface area contributed by atoms with Gasteiger partial charge in [-0.15, -0.1) is 6.58 Å². The van der Waals surface area contributed by atoms with Gasteiger partial charge in [-0.1, -0.05) is 36.4 Å². The second-order valence-electron chi connectivity index (χ2n) is 6.67. The third kappa shape index (κ3) is 2.39. The van der Waals surface area contributed by atoms with Crippen molar-refractivity contribution in [1.82, 2.24) is 0 Å². The monoisotopic (exact) mass is 347 g/mol. The van der Waals surface area contributed by atoms with Crippen LogP contribution in [0.2, 0.25) is 0 Å². The normalized spacial score (nSPS) is 23.9. The van der Waals surface area contributed by atoms with Gasteiger partial charge in [0.25, 0.3) is 0 Å². The number of anilines is 3. The van der Waals surface area contributed by atoms with Gasteiger partial charge in [0.05, 0.1) is 17.4 Å². The average Bonchev–Trinajstić information content (AvgIpc) is 2.94. The molecular weight excluding hydrogens is 326 g/mol. The van der Waals surface area contributed by atoms with Gasteiger partial charge in [-0.25, -0.2) is 0 Å². The Morgan fingerprint density at radius 3 is 2.54 bits per heavy atom. The largest absolute Gasteiger partial charge is 0.361 e. The molecule has 1 amide bonds. The van der Waals surface area contributed by atoms with Crippen LogP contribution in [0.4, 0.5) is 17.1 Å². The number of carbonyl (C=O) groups excluding carboxylic acids is 2. The van der Waals surface area contributed by atoms with Gasteiger partial charge in [-0.05, 0) is 31.2 Å². The molecule has 2 aliphatic heterocycles. The van der Waals surface area contributed by atoms with Crippen molar-refractivity contribution in [3.63, 3.8) is 0 Å². The molecule has 5 heteroatoms. The van der Waals surface area contributed by atoms with Crippen LogP contribution in [0, 0.1) is 5.92 Å².